The molecule has 0 unspecified atom stereocenters. The molecule has 4 heteroatoms. The molecule has 0 aliphatic carbocycles. The fraction of sp³-hybridized carbons (Fsp3) is 0.818. The van der Waals surface area contributed by atoms with E-state index >= 15 is 0 Å². The summed E-state index contributed by atoms with van der Waals surface area (Å²) in [6.45, 7) is 11.9. The lowest BCUT2D eigenvalue weighted by molar-refractivity contribution is 0.403. The summed E-state index contributed by atoms with van der Waals surface area (Å²) in [5.41, 5.74) is 0.260. The van der Waals surface area contributed by atoms with E-state index < -0.39 is 0 Å². The third kappa shape index (κ3) is 5.11. The van der Waals surface area contributed by atoms with Crippen LogP contribution in [-0.2, 0) is 6.42 Å². The fourth-order valence-corrected chi connectivity index (χ4v) is 1.75. The highest BCUT2D eigenvalue weighted by Gasteiger charge is 2.15. The molecule has 1 N–H and O–H groups in total. The van der Waals surface area contributed by atoms with Crippen LogP contribution in [0.15, 0.2) is 0 Å². The topological polar surface area (TPSA) is 37.8 Å². The minimum Gasteiger partial charge on any atom is -0.360 e. The van der Waals surface area contributed by atoms with Crippen molar-refractivity contribution in [3.8, 4) is 0 Å². The molecule has 3 nitrogen and oxygen atoms in total. The van der Waals surface area contributed by atoms with Crippen LogP contribution in [-0.4, -0.2) is 15.9 Å². The van der Waals surface area contributed by atoms with E-state index in [9.17, 15) is 0 Å². The Kier molecular flexibility index (Phi) is 4.08. The van der Waals surface area contributed by atoms with Gasteiger partial charge in [0.2, 0.25) is 5.13 Å². The molecule has 0 spiro atoms. The first-order valence-electron chi connectivity index (χ1n) is 5.43. The Bertz CT molecular complexity index is 299. The molecule has 1 aromatic heterocycles. The lowest BCUT2D eigenvalue weighted by Crippen LogP contribution is -2.11. The van der Waals surface area contributed by atoms with E-state index in [0.717, 1.165) is 23.9 Å². The third-order valence-corrected chi connectivity index (χ3v) is 2.53. The monoisotopic (exact) mass is 227 g/mol. The highest BCUT2D eigenvalue weighted by Crippen LogP contribution is 2.21. The zero-order valence-corrected chi connectivity index (χ0v) is 11.1. The first-order chi connectivity index (χ1) is 6.87. The van der Waals surface area contributed by atoms with Crippen LogP contribution in [0, 0.1) is 11.3 Å². The molecule has 0 saturated carbocycles. The molecule has 0 fully saturated rings. The average Bonchev–Trinajstić information content (AvgIpc) is 2.45. The molecule has 0 atom stereocenters. The molecule has 0 aromatic carbocycles. The quantitative estimate of drug-likeness (QED) is 0.858. The van der Waals surface area contributed by atoms with E-state index in [1.165, 1.54) is 11.5 Å². The van der Waals surface area contributed by atoms with Crippen LogP contribution in [0.3, 0.4) is 0 Å². The lowest BCUT2D eigenvalue weighted by Gasteiger charge is -2.14. The summed E-state index contributed by atoms with van der Waals surface area (Å²) in [7, 11) is 0. The number of hydrogen-bond acceptors (Lipinski definition) is 4. The standard InChI is InChI=1S/C11H21N3S/c1-8(2)7-12-10-13-9(14-15-10)6-11(3,4)5/h8H,6-7H2,1-5H3,(H,12,13,14). The second kappa shape index (κ2) is 4.92. The molecule has 1 heterocycles. The maximum absolute atomic E-state index is 4.46. The van der Waals surface area contributed by atoms with Gasteiger partial charge >= 0.3 is 0 Å². The maximum atomic E-state index is 4.46. The van der Waals surface area contributed by atoms with Gasteiger partial charge in [-0.1, -0.05) is 34.6 Å². The van der Waals surface area contributed by atoms with Gasteiger partial charge in [0.15, 0.2) is 0 Å². The Morgan fingerprint density at radius 2 is 2.00 bits per heavy atom. The predicted octanol–water partition coefficient (Wildman–Crippen LogP) is 3.19. The third-order valence-electron chi connectivity index (χ3n) is 1.82. The molecule has 0 bridgehead atoms. The Labute approximate surface area is 96.5 Å². The number of anilines is 1. The lowest BCUT2D eigenvalue weighted by atomic mass is 9.92. The molecule has 1 aromatic rings. The maximum Gasteiger partial charge on any atom is 0.202 e. The molecule has 0 amide bonds. The van der Waals surface area contributed by atoms with E-state index in [4.69, 9.17) is 0 Å². The van der Waals surface area contributed by atoms with E-state index in [1.807, 2.05) is 0 Å². The van der Waals surface area contributed by atoms with Crippen LogP contribution >= 0.6 is 11.5 Å². The van der Waals surface area contributed by atoms with Gasteiger partial charge in [0.05, 0.1) is 0 Å². The van der Waals surface area contributed by atoms with Gasteiger partial charge in [-0.2, -0.15) is 4.37 Å². The summed E-state index contributed by atoms with van der Waals surface area (Å²) in [5, 5.41) is 4.24. The van der Waals surface area contributed by atoms with Gasteiger partial charge in [-0.05, 0) is 11.3 Å². The highest BCUT2D eigenvalue weighted by atomic mass is 32.1. The van der Waals surface area contributed by atoms with Crippen LogP contribution in [0.2, 0.25) is 0 Å². The Hall–Kier alpha value is -0.640. The van der Waals surface area contributed by atoms with Crippen molar-refractivity contribution in [2.75, 3.05) is 11.9 Å². The molecule has 15 heavy (non-hydrogen) atoms. The first kappa shape index (κ1) is 12.4. The van der Waals surface area contributed by atoms with E-state index in [-0.39, 0.29) is 5.41 Å². The molecule has 86 valence electrons. The van der Waals surface area contributed by atoms with Gasteiger partial charge in [-0.25, -0.2) is 4.98 Å². The molecule has 0 aliphatic heterocycles. The van der Waals surface area contributed by atoms with E-state index in [0.29, 0.717) is 5.92 Å². The Balaban J connectivity index is 2.49. The summed E-state index contributed by atoms with van der Waals surface area (Å²) < 4.78 is 4.35. The van der Waals surface area contributed by atoms with Crippen molar-refractivity contribution in [3.63, 3.8) is 0 Å². The molecule has 0 radical (unpaired) electrons. The van der Waals surface area contributed by atoms with E-state index in [1.54, 1.807) is 0 Å². The van der Waals surface area contributed by atoms with Crippen molar-refractivity contribution in [1.29, 1.82) is 0 Å². The van der Waals surface area contributed by atoms with Crippen molar-refractivity contribution in [2.24, 2.45) is 11.3 Å². The molecule has 1 rings (SSSR count). The molecular weight excluding hydrogens is 206 g/mol. The minimum atomic E-state index is 0.260. The van der Waals surface area contributed by atoms with Crippen LogP contribution < -0.4 is 5.32 Å². The molecular formula is C11H21N3S. The predicted molar refractivity (Wildman–Crippen MR) is 66.4 cm³/mol. The second-order valence-electron chi connectivity index (χ2n) is 5.53. The largest absolute Gasteiger partial charge is 0.360 e. The number of aromatic nitrogens is 2. The van der Waals surface area contributed by atoms with Crippen molar-refractivity contribution in [1.82, 2.24) is 9.36 Å². The number of nitrogens with zero attached hydrogens (tertiary/aromatic N) is 2. The van der Waals surface area contributed by atoms with Crippen molar-refractivity contribution in [2.45, 2.75) is 41.0 Å². The molecule has 0 aliphatic rings. The molecule has 0 saturated heterocycles. The van der Waals surface area contributed by atoms with Crippen molar-refractivity contribution in [3.05, 3.63) is 5.82 Å². The van der Waals surface area contributed by atoms with E-state index in [2.05, 4.69) is 49.3 Å². The second-order valence-corrected chi connectivity index (χ2v) is 6.28. The van der Waals surface area contributed by atoms with Gasteiger partial charge in [0.1, 0.15) is 5.82 Å². The highest BCUT2D eigenvalue weighted by molar-refractivity contribution is 7.09. The SMILES string of the molecule is CC(C)CNc1nc(CC(C)(C)C)ns1. The zero-order chi connectivity index (χ0) is 11.5. The summed E-state index contributed by atoms with van der Waals surface area (Å²) in [4.78, 5) is 4.46. The van der Waals surface area contributed by atoms with Gasteiger partial charge in [0, 0.05) is 24.5 Å². The fourth-order valence-electron chi connectivity index (χ4n) is 1.16. The van der Waals surface area contributed by atoms with Crippen LogP contribution in [0.1, 0.15) is 40.4 Å². The van der Waals surface area contributed by atoms with Crippen LogP contribution in [0.25, 0.3) is 0 Å². The summed E-state index contributed by atoms with van der Waals surface area (Å²) in [6.07, 6.45) is 0.937. The Morgan fingerprint density at radius 3 is 2.53 bits per heavy atom. The van der Waals surface area contributed by atoms with Crippen LogP contribution in [0.5, 0.6) is 0 Å². The minimum absolute atomic E-state index is 0.260. The average molecular weight is 227 g/mol. The summed E-state index contributed by atoms with van der Waals surface area (Å²) in [5.74, 6) is 1.60. The number of nitrogens with one attached hydrogen (secondary N) is 1. The number of rotatable bonds is 4. The van der Waals surface area contributed by atoms with Gasteiger partial charge in [-0.15, -0.1) is 0 Å². The van der Waals surface area contributed by atoms with Crippen molar-refractivity contribution < 1.29 is 0 Å². The van der Waals surface area contributed by atoms with Gasteiger partial charge < -0.3 is 5.32 Å². The smallest absolute Gasteiger partial charge is 0.202 e. The summed E-state index contributed by atoms with van der Waals surface area (Å²) >= 11 is 1.46. The summed E-state index contributed by atoms with van der Waals surface area (Å²) in [6, 6.07) is 0. The van der Waals surface area contributed by atoms with Crippen LogP contribution in [0.4, 0.5) is 5.13 Å². The van der Waals surface area contributed by atoms with Crippen molar-refractivity contribution >= 4 is 16.7 Å². The first-order valence-corrected chi connectivity index (χ1v) is 6.20. The zero-order valence-electron chi connectivity index (χ0n) is 10.3. The number of hydrogen-bond donors (Lipinski definition) is 1. The Morgan fingerprint density at radius 1 is 1.33 bits per heavy atom. The normalized spacial score (nSPS) is 12.1. The van der Waals surface area contributed by atoms with Gasteiger partial charge in [-0.3, -0.25) is 0 Å². The van der Waals surface area contributed by atoms with Gasteiger partial charge in [0.25, 0.3) is 0 Å².